The number of benzene rings is 1. The van der Waals surface area contributed by atoms with Gasteiger partial charge in [-0.2, -0.15) is 0 Å². The molecule has 24 heavy (non-hydrogen) atoms. The summed E-state index contributed by atoms with van der Waals surface area (Å²) in [5, 5.41) is 8.85. The highest BCUT2D eigenvalue weighted by Gasteiger charge is 2.02. The molecule has 0 bridgehead atoms. The number of rotatable bonds is 13. The highest BCUT2D eigenvalue weighted by Crippen LogP contribution is 2.20. The Kier molecular flexibility index (Phi) is 11.0. The van der Waals surface area contributed by atoms with E-state index in [-0.39, 0.29) is 5.97 Å². The van der Waals surface area contributed by atoms with E-state index >= 15 is 0 Å². The molecule has 1 N–H and O–H groups in total. The lowest BCUT2D eigenvalue weighted by molar-refractivity contribution is -0.140. The Labute approximate surface area is 149 Å². The maximum Gasteiger partial charge on any atom is 0.335 e. The molecular formula is C19H28O4S. The first-order valence-electron chi connectivity index (χ1n) is 8.66. The van der Waals surface area contributed by atoms with Gasteiger partial charge in [0.05, 0.1) is 12.7 Å². The monoisotopic (exact) mass is 352 g/mol. The van der Waals surface area contributed by atoms with Gasteiger partial charge in [-0.15, -0.1) is 11.8 Å². The summed E-state index contributed by atoms with van der Waals surface area (Å²) in [7, 11) is 1.44. The van der Waals surface area contributed by atoms with E-state index in [0.29, 0.717) is 12.0 Å². The number of carbonyl (C=O) groups is 2. The second kappa shape index (κ2) is 12.9. The molecule has 1 rings (SSSR count). The first-order valence-corrected chi connectivity index (χ1v) is 9.65. The van der Waals surface area contributed by atoms with Crippen LogP contribution in [0, 0.1) is 0 Å². The van der Waals surface area contributed by atoms with Crippen LogP contribution < -0.4 is 0 Å². The molecule has 1 aromatic rings. The van der Waals surface area contributed by atoms with E-state index in [1.165, 1.54) is 45.6 Å². The minimum atomic E-state index is -0.878. The molecule has 4 nitrogen and oxygen atoms in total. The molecule has 0 spiro atoms. The number of ether oxygens (including phenoxy) is 1. The molecule has 0 fully saturated rings. The first kappa shape index (κ1) is 20.6. The molecule has 0 unspecified atom stereocenters. The topological polar surface area (TPSA) is 63.6 Å². The van der Waals surface area contributed by atoms with Crippen LogP contribution in [0.15, 0.2) is 29.2 Å². The highest BCUT2D eigenvalue weighted by atomic mass is 32.2. The number of carbonyl (C=O) groups excluding carboxylic acids is 1. The number of carboxylic acid groups (broad SMARTS) is 1. The third-order valence-electron chi connectivity index (χ3n) is 3.87. The van der Waals surface area contributed by atoms with Crippen molar-refractivity contribution in [1.82, 2.24) is 0 Å². The van der Waals surface area contributed by atoms with Crippen LogP contribution in [0.25, 0.3) is 0 Å². The van der Waals surface area contributed by atoms with Crippen molar-refractivity contribution >= 4 is 23.7 Å². The molecule has 0 saturated carbocycles. The van der Waals surface area contributed by atoms with Crippen molar-refractivity contribution < 1.29 is 19.4 Å². The van der Waals surface area contributed by atoms with Crippen LogP contribution in [0.2, 0.25) is 0 Å². The third kappa shape index (κ3) is 9.60. The quantitative estimate of drug-likeness (QED) is 0.302. The lowest BCUT2D eigenvalue weighted by atomic mass is 10.1. The van der Waals surface area contributed by atoms with Crippen molar-refractivity contribution in [2.75, 3.05) is 12.9 Å². The Morgan fingerprint density at radius 3 is 2.00 bits per heavy atom. The number of hydrogen-bond donors (Lipinski definition) is 1. The predicted molar refractivity (Wildman–Crippen MR) is 97.7 cm³/mol. The summed E-state index contributed by atoms with van der Waals surface area (Å²) < 4.78 is 4.61. The molecular weight excluding hydrogens is 324 g/mol. The molecule has 0 heterocycles. The minimum absolute atomic E-state index is 0.106. The van der Waals surface area contributed by atoms with Gasteiger partial charge in [0.2, 0.25) is 0 Å². The molecule has 134 valence electrons. The summed E-state index contributed by atoms with van der Waals surface area (Å²) in [6, 6.07) is 7.07. The van der Waals surface area contributed by atoms with Crippen LogP contribution in [-0.4, -0.2) is 29.9 Å². The largest absolute Gasteiger partial charge is 0.478 e. The maximum absolute atomic E-state index is 10.9. The van der Waals surface area contributed by atoms with Crippen LogP contribution in [0.4, 0.5) is 0 Å². The highest BCUT2D eigenvalue weighted by molar-refractivity contribution is 7.99. The summed E-state index contributed by atoms with van der Waals surface area (Å²) in [6.07, 6.45) is 9.97. The predicted octanol–water partition coefficient (Wildman–Crippen LogP) is 5.16. The van der Waals surface area contributed by atoms with E-state index < -0.39 is 5.97 Å². The Morgan fingerprint density at radius 1 is 0.917 bits per heavy atom. The van der Waals surface area contributed by atoms with Gasteiger partial charge in [0, 0.05) is 11.3 Å². The van der Waals surface area contributed by atoms with Crippen molar-refractivity contribution in [1.29, 1.82) is 0 Å². The lowest BCUT2D eigenvalue weighted by Gasteiger charge is -2.04. The van der Waals surface area contributed by atoms with Gasteiger partial charge in [-0.3, -0.25) is 4.79 Å². The van der Waals surface area contributed by atoms with Crippen LogP contribution in [0.1, 0.15) is 68.1 Å². The SMILES string of the molecule is COC(=O)CCCCCCCCCCSc1ccc(C(=O)O)cc1. The standard InChI is InChI=1S/C19H28O4S/c1-23-18(20)10-8-6-4-2-3-5-7-9-15-24-17-13-11-16(12-14-17)19(21)22/h11-14H,2-10,15H2,1H3,(H,21,22). The van der Waals surface area contributed by atoms with Gasteiger partial charge in [-0.25, -0.2) is 4.79 Å². The molecule has 0 aliphatic heterocycles. The Morgan fingerprint density at radius 2 is 1.46 bits per heavy atom. The van der Waals surface area contributed by atoms with Gasteiger partial charge >= 0.3 is 11.9 Å². The molecule has 0 aliphatic rings. The molecule has 1 aromatic carbocycles. The average molecular weight is 352 g/mol. The van der Waals surface area contributed by atoms with E-state index in [4.69, 9.17) is 5.11 Å². The zero-order chi connectivity index (χ0) is 17.6. The Bertz CT molecular complexity index is 485. The van der Waals surface area contributed by atoms with E-state index in [9.17, 15) is 9.59 Å². The van der Waals surface area contributed by atoms with Crippen molar-refractivity contribution in [2.45, 2.75) is 62.7 Å². The molecule has 0 saturated heterocycles. The minimum Gasteiger partial charge on any atom is -0.478 e. The average Bonchev–Trinajstić information content (AvgIpc) is 2.59. The molecule has 0 radical (unpaired) electrons. The van der Waals surface area contributed by atoms with E-state index in [0.717, 1.165) is 23.5 Å². The fourth-order valence-electron chi connectivity index (χ4n) is 2.42. The molecule has 0 atom stereocenters. The summed E-state index contributed by atoms with van der Waals surface area (Å²) in [5.41, 5.74) is 0.339. The van der Waals surface area contributed by atoms with E-state index in [1.54, 1.807) is 23.9 Å². The Balaban J connectivity index is 1.92. The first-order chi connectivity index (χ1) is 11.6. The number of carboxylic acids is 1. The van der Waals surface area contributed by atoms with Gasteiger partial charge in [0.1, 0.15) is 0 Å². The number of aromatic carboxylic acids is 1. The van der Waals surface area contributed by atoms with Crippen LogP contribution >= 0.6 is 11.8 Å². The second-order valence-corrected chi connectivity index (χ2v) is 7.00. The molecule has 5 heteroatoms. The lowest BCUT2D eigenvalue weighted by Crippen LogP contribution is -1.99. The van der Waals surface area contributed by atoms with Crippen molar-refractivity contribution in [3.63, 3.8) is 0 Å². The zero-order valence-electron chi connectivity index (χ0n) is 14.5. The summed E-state index contributed by atoms with van der Waals surface area (Å²) in [5.74, 6) is 0.0906. The van der Waals surface area contributed by atoms with Crippen molar-refractivity contribution in [3.05, 3.63) is 29.8 Å². The van der Waals surface area contributed by atoms with E-state index in [2.05, 4.69) is 4.74 Å². The zero-order valence-corrected chi connectivity index (χ0v) is 15.3. The van der Waals surface area contributed by atoms with Crippen LogP contribution in [0.3, 0.4) is 0 Å². The van der Waals surface area contributed by atoms with Gasteiger partial charge in [0.15, 0.2) is 0 Å². The van der Waals surface area contributed by atoms with Gasteiger partial charge in [-0.1, -0.05) is 38.5 Å². The fraction of sp³-hybridized carbons (Fsp3) is 0.579. The number of esters is 1. The van der Waals surface area contributed by atoms with Gasteiger partial charge in [-0.05, 0) is 42.9 Å². The van der Waals surface area contributed by atoms with Crippen molar-refractivity contribution in [3.8, 4) is 0 Å². The third-order valence-corrected chi connectivity index (χ3v) is 4.97. The normalized spacial score (nSPS) is 10.5. The second-order valence-electron chi connectivity index (χ2n) is 5.83. The van der Waals surface area contributed by atoms with Crippen molar-refractivity contribution in [2.24, 2.45) is 0 Å². The number of hydrogen-bond acceptors (Lipinski definition) is 4. The summed E-state index contributed by atoms with van der Waals surface area (Å²) in [6.45, 7) is 0. The van der Waals surface area contributed by atoms with E-state index in [1.807, 2.05) is 12.1 Å². The molecule has 0 amide bonds. The molecule has 0 aromatic heterocycles. The smallest absolute Gasteiger partial charge is 0.335 e. The summed E-state index contributed by atoms with van der Waals surface area (Å²) in [4.78, 5) is 22.8. The van der Waals surface area contributed by atoms with Gasteiger partial charge < -0.3 is 9.84 Å². The summed E-state index contributed by atoms with van der Waals surface area (Å²) >= 11 is 1.78. The van der Waals surface area contributed by atoms with Crippen LogP contribution in [-0.2, 0) is 9.53 Å². The number of unbranched alkanes of at least 4 members (excludes halogenated alkanes) is 7. The number of methoxy groups -OCH3 is 1. The molecule has 0 aliphatic carbocycles. The maximum atomic E-state index is 10.9. The van der Waals surface area contributed by atoms with Gasteiger partial charge in [0.25, 0.3) is 0 Å². The van der Waals surface area contributed by atoms with Crippen LogP contribution in [0.5, 0.6) is 0 Å². The number of thioether (sulfide) groups is 1. The fourth-order valence-corrected chi connectivity index (χ4v) is 3.33. The Hall–Kier alpha value is -1.49.